The summed E-state index contributed by atoms with van der Waals surface area (Å²) < 4.78 is 11.7. The molecule has 0 bridgehead atoms. The van der Waals surface area contributed by atoms with E-state index in [4.69, 9.17) is 9.47 Å². The Balaban J connectivity index is 2.28. The molecule has 1 heterocycles. The van der Waals surface area contributed by atoms with Crippen LogP contribution in [0.15, 0.2) is 24.3 Å². The van der Waals surface area contributed by atoms with Gasteiger partial charge in [-0.3, -0.25) is 0 Å². The van der Waals surface area contributed by atoms with Crippen molar-refractivity contribution in [3.8, 4) is 0 Å². The van der Waals surface area contributed by atoms with Crippen LogP contribution in [0, 0.1) is 6.92 Å². The fourth-order valence-electron chi connectivity index (χ4n) is 3.01. The third-order valence-electron chi connectivity index (χ3n) is 4.00. The molecule has 1 unspecified atom stereocenters. The number of likely N-dealkylation sites (N-methyl/N-ethyl adjacent to an activating group) is 1. The molecule has 19 heavy (non-hydrogen) atoms. The molecule has 3 heteroatoms. The summed E-state index contributed by atoms with van der Waals surface area (Å²) in [4.78, 5) is 0. The molecule has 0 spiro atoms. The van der Waals surface area contributed by atoms with Crippen LogP contribution in [0.1, 0.15) is 36.9 Å². The molecule has 1 aromatic rings. The number of benzene rings is 1. The molecule has 2 rings (SSSR count). The van der Waals surface area contributed by atoms with Gasteiger partial charge in [-0.2, -0.15) is 0 Å². The lowest BCUT2D eigenvalue weighted by atomic mass is 9.82. The van der Waals surface area contributed by atoms with E-state index in [1.54, 1.807) is 0 Å². The van der Waals surface area contributed by atoms with E-state index in [1.807, 2.05) is 7.05 Å². The Labute approximate surface area is 116 Å². The molecule has 1 saturated heterocycles. The number of ether oxygens (including phenoxy) is 2. The molecule has 0 amide bonds. The van der Waals surface area contributed by atoms with Crippen LogP contribution in [0.2, 0.25) is 0 Å². The van der Waals surface area contributed by atoms with Gasteiger partial charge in [0.1, 0.15) is 0 Å². The molecule has 106 valence electrons. The van der Waals surface area contributed by atoms with Crippen LogP contribution in [0.25, 0.3) is 0 Å². The van der Waals surface area contributed by atoms with Gasteiger partial charge in [-0.25, -0.2) is 0 Å². The Bertz CT molecular complexity index is 377. The quantitative estimate of drug-likeness (QED) is 0.886. The van der Waals surface area contributed by atoms with Crippen molar-refractivity contribution in [3.63, 3.8) is 0 Å². The number of rotatable bonds is 5. The zero-order chi connectivity index (χ0) is 13.7. The summed E-state index contributed by atoms with van der Waals surface area (Å²) in [6.07, 6.45) is 1.89. The van der Waals surface area contributed by atoms with Crippen molar-refractivity contribution < 1.29 is 9.47 Å². The third-order valence-corrected chi connectivity index (χ3v) is 4.00. The minimum Gasteiger partial charge on any atom is -0.381 e. The molecule has 1 aliphatic heterocycles. The van der Waals surface area contributed by atoms with Gasteiger partial charge in [-0.05, 0) is 26.5 Å². The lowest BCUT2D eigenvalue weighted by Gasteiger charge is -2.43. The first-order chi connectivity index (χ1) is 9.22. The highest BCUT2D eigenvalue weighted by Gasteiger charge is 2.41. The van der Waals surface area contributed by atoms with Gasteiger partial charge in [0.25, 0.3) is 0 Å². The van der Waals surface area contributed by atoms with Gasteiger partial charge in [0.05, 0.1) is 11.6 Å². The van der Waals surface area contributed by atoms with Crippen LogP contribution >= 0.6 is 0 Å². The maximum absolute atomic E-state index is 6.17. The van der Waals surface area contributed by atoms with E-state index in [0.717, 1.165) is 32.7 Å². The number of hydrogen-bond donors (Lipinski definition) is 1. The molecule has 1 N–H and O–H groups in total. The molecule has 3 nitrogen and oxygen atoms in total. The van der Waals surface area contributed by atoms with Gasteiger partial charge >= 0.3 is 0 Å². The predicted octanol–water partition coefficient (Wildman–Crippen LogP) is 2.84. The maximum atomic E-state index is 6.17. The van der Waals surface area contributed by atoms with E-state index < -0.39 is 0 Å². The first-order valence-corrected chi connectivity index (χ1v) is 7.17. The molecule has 1 atom stereocenters. The van der Waals surface area contributed by atoms with Crippen molar-refractivity contribution in [1.82, 2.24) is 5.32 Å². The van der Waals surface area contributed by atoms with E-state index >= 15 is 0 Å². The van der Waals surface area contributed by atoms with Crippen molar-refractivity contribution in [2.75, 3.05) is 26.9 Å². The minimum absolute atomic E-state index is 0.142. The number of aryl methyl sites for hydroxylation is 1. The fourth-order valence-corrected chi connectivity index (χ4v) is 3.01. The summed E-state index contributed by atoms with van der Waals surface area (Å²) in [5, 5.41) is 3.45. The topological polar surface area (TPSA) is 30.5 Å². The first kappa shape index (κ1) is 14.5. The Morgan fingerprint density at radius 1 is 1.26 bits per heavy atom. The van der Waals surface area contributed by atoms with Crippen molar-refractivity contribution in [3.05, 3.63) is 35.4 Å². The summed E-state index contributed by atoms with van der Waals surface area (Å²) in [6, 6.07) is 8.95. The van der Waals surface area contributed by atoms with Gasteiger partial charge in [0, 0.05) is 32.7 Å². The Hall–Kier alpha value is -0.900. The van der Waals surface area contributed by atoms with Crippen LogP contribution < -0.4 is 5.32 Å². The van der Waals surface area contributed by atoms with Gasteiger partial charge in [-0.1, -0.05) is 29.8 Å². The number of hydrogen-bond acceptors (Lipinski definition) is 3. The summed E-state index contributed by atoms with van der Waals surface area (Å²) >= 11 is 0. The Morgan fingerprint density at radius 2 is 1.89 bits per heavy atom. The molecular weight excluding hydrogens is 238 g/mol. The lowest BCUT2D eigenvalue weighted by Crippen LogP contribution is -2.49. The van der Waals surface area contributed by atoms with E-state index in [0.29, 0.717) is 0 Å². The van der Waals surface area contributed by atoms with Crippen molar-refractivity contribution >= 4 is 0 Å². The van der Waals surface area contributed by atoms with E-state index in [2.05, 4.69) is 43.4 Å². The maximum Gasteiger partial charge on any atom is 0.0919 e. The van der Waals surface area contributed by atoms with Gasteiger partial charge in [0.15, 0.2) is 0 Å². The highest BCUT2D eigenvalue weighted by Crippen LogP contribution is 2.37. The Kier molecular flexibility index (Phi) is 4.97. The second-order valence-electron chi connectivity index (χ2n) is 5.24. The highest BCUT2D eigenvalue weighted by molar-refractivity contribution is 5.26. The smallest absolute Gasteiger partial charge is 0.0919 e. The molecule has 0 radical (unpaired) electrons. The zero-order valence-corrected chi connectivity index (χ0v) is 12.2. The van der Waals surface area contributed by atoms with E-state index in [9.17, 15) is 0 Å². The third kappa shape index (κ3) is 3.16. The molecule has 1 fully saturated rings. The Morgan fingerprint density at radius 3 is 2.42 bits per heavy atom. The predicted molar refractivity (Wildman–Crippen MR) is 77.4 cm³/mol. The molecule has 1 aromatic carbocycles. The average Bonchev–Trinajstić information content (AvgIpc) is 2.43. The summed E-state index contributed by atoms with van der Waals surface area (Å²) in [5.74, 6) is 0. The second-order valence-corrected chi connectivity index (χ2v) is 5.24. The SMILES string of the molecule is CCOC1(C(NC)c2ccc(C)cc2)CCOCC1. The minimum atomic E-state index is -0.142. The van der Waals surface area contributed by atoms with Gasteiger partial charge in [0.2, 0.25) is 0 Å². The second kappa shape index (κ2) is 6.51. The van der Waals surface area contributed by atoms with Gasteiger partial charge in [-0.15, -0.1) is 0 Å². The molecule has 0 aromatic heterocycles. The first-order valence-electron chi connectivity index (χ1n) is 7.17. The van der Waals surface area contributed by atoms with E-state index in [-0.39, 0.29) is 11.6 Å². The molecule has 0 saturated carbocycles. The average molecular weight is 263 g/mol. The van der Waals surface area contributed by atoms with Crippen LogP contribution in [0.5, 0.6) is 0 Å². The lowest BCUT2D eigenvalue weighted by molar-refractivity contribution is -0.127. The molecule has 0 aliphatic carbocycles. The monoisotopic (exact) mass is 263 g/mol. The van der Waals surface area contributed by atoms with Crippen LogP contribution in [0.3, 0.4) is 0 Å². The molecular formula is C16H25NO2. The van der Waals surface area contributed by atoms with Gasteiger partial charge < -0.3 is 14.8 Å². The normalized spacial score (nSPS) is 20.2. The highest BCUT2D eigenvalue weighted by atomic mass is 16.5. The largest absolute Gasteiger partial charge is 0.381 e. The van der Waals surface area contributed by atoms with Crippen LogP contribution in [0.4, 0.5) is 0 Å². The molecule has 1 aliphatic rings. The standard InChI is InChI=1S/C16H25NO2/c1-4-19-16(9-11-18-12-10-16)15(17-3)14-7-5-13(2)6-8-14/h5-8,15,17H,4,9-12H2,1-3H3. The summed E-state index contributed by atoms with van der Waals surface area (Å²) in [6.45, 7) is 6.49. The van der Waals surface area contributed by atoms with Crippen molar-refractivity contribution in [1.29, 1.82) is 0 Å². The zero-order valence-electron chi connectivity index (χ0n) is 12.2. The number of nitrogens with one attached hydrogen (secondary N) is 1. The van der Waals surface area contributed by atoms with Crippen LogP contribution in [-0.2, 0) is 9.47 Å². The van der Waals surface area contributed by atoms with Crippen molar-refractivity contribution in [2.45, 2.75) is 38.3 Å². The fraction of sp³-hybridized carbons (Fsp3) is 0.625. The summed E-state index contributed by atoms with van der Waals surface area (Å²) in [5.41, 5.74) is 2.44. The summed E-state index contributed by atoms with van der Waals surface area (Å²) in [7, 11) is 2.01. The van der Waals surface area contributed by atoms with Crippen LogP contribution in [-0.4, -0.2) is 32.5 Å². The van der Waals surface area contributed by atoms with Crippen molar-refractivity contribution in [2.24, 2.45) is 0 Å². The van der Waals surface area contributed by atoms with E-state index in [1.165, 1.54) is 11.1 Å².